The van der Waals surface area contributed by atoms with Crippen LogP contribution in [0.1, 0.15) is 25.3 Å². The van der Waals surface area contributed by atoms with Crippen LogP contribution in [0, 0.1) is 11.7 Å². The third kappa shape index (κ3) is 2.85. The lowest BCUT2D eigenvalue weighted by Gasteiger charge is -2.34. The van der Waals surface area contributed by atoms with Crippen LogP contribution in [0.2, 0.25) is 0 Å². The zero-order chi connectivity index (χ0) is 14.1. The molecule has 0 aromatic heterocycles. The Morgan fingerprint density at radius 1 is 1.50 bits per heavy atom. The molecule has 0 radical (unpaired) electrons. The molecule has 0 unspecified atom stereocenters. The van der Waals surface area contributed by atoms with Gasteiger partial charge in [0.1, 0.15) is 5.82 Å². The van der Waals surface area contributed by atoms with Crippen molar-refractivity contribution in [3.63, 3.8) is 0 Å². The molecule has 4 heteroatoms. The van der Waals surface area contributed by atoms with E-state index in [2.05, 4.69) is 6.92 Å². The molecule has 2 fully saturated rings. The predicted molar refractivity (Wildman–Crippen MR) is 73.7 cm³/mol. The molecule has 0 saturated carbocycles. The first kappa shape index (κ1) is 13.6. The summed E-state index contributed by atoms with van der Waals surface area (Å²) in [6.45, 7) is 3.58. The second-order valence-electron chi connectivity index (χ2n) is 5.92. The average Bonchev–Trinajstić information content (AvgIpc) is 2.77. The fraction of sp³-hybridized carbons (Fsp3) is 0.562. The first-order chi connectivity index (χ1) is 9.61. The zero-order valence-corrected chi connectivity index (χ0v) is 11.7. The van der Waals surface area contributed by atoms with Crippen LogP contribution < -0.4 is 0 Å². The lowest BCUT2D eigenvalue weighted by molar-refractivity contribution is -0.134. The van der Waals surface area contributed by atoms with Crippen LogP contribution in [-0.4, -0.2) is 36.1 Å². The van der Waals surface area contributed by atoms with Gasteiger partial charge in [-0.2, -0.15) is 0 Å². The van der Waals surface area contributed by atoms with Crippen molar-refractivity contribution in [3.8, 4) is 0 Å². The number of fused-ring (bicyclic) bond motifs is 1. The molecule has 108 valence electrons. The number of benzene rings is 1. The number of nitrogens with zero attached hydrogens (tertiary/aromatic N) is 1. The molecule has 1 aromatic carbocycles. The molecular formula is C16H20FNO2. The second-order valence-corrected chi connectivity index (χ2v) is 5.92. The van der Waals surface area contributed by atoms with E-state index in [-0.39, 0.29) is 24.2 Å². The summed E-state index contributed by atoms with van der Waals surface area (Å²) in [5, 5.41) is 0. The first-order valence-corrected chi connectivity index (χ1v) is 7.29. The molecule has 2 aliphatic rings. The van der Waals surface area contributed by atoms with E-state index in [9.17, 15) is 9.18 Å². The lowest BCUT2D eigenvalue weighted by atomic mass is 9.92. The Morgan fingerprint density at radius 3 is 3.15 bits per heavy atom. The van der Waals surface area contributed by atoms with Crippen molar-refractivity contribution in [3.05, 3.63) is 35.6 Å². The Morgan fingerprint density at radius 2 is 2.35 bits per heavy atom. The number of hydrogen-bond acceptors (Lipinski definition) is 2. The van der Waals surface area contributed by atoms with Crippen LogP contribution in [0.3, 0.4) is 0 Å². The van der Waals surface area contributed by atoms with Gasteiger partial charge in [0.05, 0.1) is 18.6 Å². The van der Waals surface area contributed by atoms with E-state index in [0.29, 0.717) is 18.6 Å². The van der Waals surface area contributed by atoms with E-state index in [1.54, 1.807) is 12.1 Å². The smallest absolute Gasteiger partial charge is 0.227 e. The normalized spacial score (nSPS) is 29.3. The highest BCUT2D eigenvalue weighted by molar-refractivity contribution is 5.78. The monoisotopic (exact) mass is 277 g/mol. The SMILES string of the molecule is C[C@H]1C[C@@H]2CCN(C(=O)Cc3cccc(F)c3)C[C@H]2O1. The van der Waals surface area contributed by atoms with Crippen LogP contribution in [0.4, 0.5) is 4.39 Å². The molecular weight excluding hydrogens is 257 g/mol. The molecule has 2 aliphatic heterocycles. The number of ether oxygens (including phenoxy) is 1. The third-order valence-corrected chi connectivity index (χ3v) is 4.33. The van der Waals surface area contributed by atoms with E-state index < -0.39 is 0 Å². The molecule has 2 saturated heterocycles. The lowest BCUT2D eigenvalue weighted by Crippen LogP contribution is -2.45. The fourth-order valence-electron chi connectivity index (χ4n) is 3.33. The summed E-state index contributed by atoms with van der Waals surface area (Å²) in [6.07, 6.45) is 2.89. The Kier molecular flexibility index (Phi) is 3.74. The summed E-state index contributed by atoms with van der Waals surface area (Å²) >= 11 is 0. The highest BCUT2D eigenvalue weighted by Crippen LogP contribution is 2.33. The van der Waals surface area contributed by atoms with Gasteiger partial charge in [-0.15, -0.1) is 0 Å². The average molecular weight is 277 g/mol. The van der Waals surface area contributed by atoms with Gasteiger partial charge >= 0.3 is 0 Å². The second kappa shape index (κ2) is 5.52. The van der Waals surface area contributed by atoms with E-state index in [1.165, 1.54) is 12.1 Å². The predicted octanol–water partition coefficient (Wildman–Crippen LogP) is 2.39. The Hall–Kier alpha value is -1.42. The van der Waals surface area contributed by atoms with Crippen molar-refractivity contribution in [1.82, 2.24) is 4.90 Å². The Labute approximate surface area is 118 Å². The number of piperidine rings is 1. The Bertz CT molecular complexity index is 505. The molecule has 3 rings (SSSR count). The van der Waals surface area contributed by atoms with Gasteiger partial charge in [0.15, 0.2) is 0 Å². The van der Waals surface area contributed by atoms with Crippen LogP contribution in [0.25, 0.3) is 0 Å². The molecule has 0 N–H and O–H groups in total. The van der Waals surface area contributed by atoms with Crippen LogP contribution in [-0.2, 0) is 16.0 Å². The van der Waals surface area contributed by atoms with E-state index >= 15 is 0 Å². The van der Waals surface area contributed by atoms with Gasteiger partial charge in [0, 0.05) is 13.1 Å². The number of carbonyl (C=O) groups is 1. The molecule has 3 nitrogen and oxygen atoms in total. The number of halogens is 1. The summed E-state index contributed by atoms with van der Waals surface area (Å²) in [4.78, 5) is 14.2. The van der Waals surface area contributed by atoms with Gasteiger partial charge in [-0.3, -0.25) is 4.79 Å². The molecule has 1 aromatic rings. The summed E-state index contributed by atoms with van der Waals surface area (Å²) in [7, 11) is 0. The summed E-state index contributed by atoms with van der Waals surface area (Å²) in [5.41, 5.74) is 0.734. The summed E-state index contributed by atoms with van der Waals surface area (Å²) in [5.74, 6) is 0.377. The maximum Gasteiger partial charge on any atom is 0.227 e. The largest absolute Gasteiger partial charge is 0.373 e. The van der Waals surface area contributed by atoms with Crippen molar-refractivity contribution >= 4 is 5.91 Å². The van der Waals surface area contributed by atoms with E-state index in [0.717, 1.165) is 24.9 Å². The van der Waals surface area contributed by atoms with Gasteiger partial charge in [-0.05, 0) is 43.4 Å². The number of rotatable bonds is 2. The topological polar surface area (TPSA) is 29.5 Å². The van der Waals surface area contributed by atoms with Crippen LogP contribution in [0.15, 0.2) is 24.3 Å². The number of amides is 1. The highest BCUT2D eigenvalue weighted by Gasteiger charge is 2.38. The number of carbonyl (C=O) groups excluding carboxylic acids is 1. The first-order valence-electron chi connectivity index (χ1n) is 7.29. The van der Waals surface area contributed by atoms with Gasteiger partial charge in [-0.25, -0.2) is 4.39 Å². The molecule has 0 aliphatic carbocycles. The molecule has 0 spiro atoms. The third-order valence-electron chi connectivity index (χ3n) is 4.33. The quantitative estimate of drug-likeness (QED) is 0.830. The Balaban J connectivity index is 1.61. The van der Waals surface area contributed by atoms with Crippen molar-refractivity contribution < 1.29 is 13.9 Å². The molecule has 3 atom stereocenters. The minimum absolute atomic E-state index is 0.0669. The zero-order valence-electron chi connectivity index (χ0n) is 11.7. The number of hydrogen-bond donors (Lipinski definition) is 0. The molecule has 20 heavy (non-hydrogen) atoms. The number of likely N-dealkylation sites (tertiary alicyclic amines) is 1. The van der Waals surface area contributed by atoms with Crippen molar-refractivity contribution in [2.24, 2.45) is 5.92 Å². The van der Waals surface area contributed by atoms with Gasteiger partial charge < -0.3 is 9.64 Å². The minimum Gasteiger partial charge on any atom is -0.373 e. The minimum atomic E-state index is -0.290. The molecule has 1 amide bonds. The van der Waals surface area contributed by atoms with Gasteiger partial charge in [0.2, 0.25) is 5.91 Å². The highest BCUT2D eigenvalue weighted by atomic mass is 19.1. The van der Waals surface area contributed by atoms with Gasteiger partial charge in [-0.1, -0.05) is 12.1 Å². The van der Waals surface area contributed by atoms with Crippen molar-refractivity contribution in [2.75, 3.05) is 13.1 Å². The van der Waals surface area contributed by atoms with Crippen molar-refractivity contribution in [2.45, 2.75) is 38.4 Å². The van der Waals surface area contributed by atoms with E-state index in [1.807, 2.05) is 4.90 Å². The molecule has 0 bridgehead atoms. The molecule has 2 heterocycles. The van der Waals surface area contributed by atoms with Crippen molar-refractivity contribution in [1.29, 1.82) is 0 Å². The summed E-state index contributed by atoms with van der Waals surface area (Å²) in [6, 6.07) is 6.26. The maximum atomic E-state index is 13.1. The van der Waals surface area contributed by atoms with Crippen LogP contribution >= 0.6 is 0 Å². The van der Waals surface area contributed by atoms with Gasteiger partial charge in [0.25, 0.3) is 0 Å². The fourth-order valence-corrected chi connectivity index (χ4v) is 3.33. The maximum absolute atomic E-state index is 13.1. The van der Waals surface area contributed by atoms with Crippen LogP contribution in [0.5, 0.6) is 0 Å². The van der Waals surface area contributed by atoms with E-state index in [4.69, 9.17) is 4.74 Å². The standard InChI is InChI=1S/C16H20FNO2/c1-11-7-13-5-6-18(10-15(13)20-11)16(19)9-12-3-2-4-14(17)8-12/h2-4,8,11,13,15H,5-7,9-10H2,1H3/t11-,13-,15+/m0/s1. The summed E-state index contributed by atoms with van der Waals surface area (Å²) < 4.78 is 19.0.